The molecule has 1 saturated heterocycles. The van der Waals surface area contributed by atoms with Gasteiger partial charge in [-0.15, -0.1) is 0 Å². The van der Waals surface area contributed by atoms with Gasteiger partial charge < -0.3 is 10.5 Å². The SMILES string of the molecule is Cc1c(N)cccc1NS(=O)(=O)N1CC(C)OC(C)C1. The molecule has 0 radical (unpaired) electrons. The van der Waals surface area contributed by atoms with E-state index in [2.05, 4.69) is 4.72 Å². The first kappa shape index (κ1) is 15.1. The van der Waals surface area contributed by atoms with Crippen molar-refractivity contribution in [1.29, 1.82) is 0 Å². The van der Waals surface area contributed by atoms with Crippen molar-refractivity contribution < 1.29 is 13.2 Å². The molecule has 112 valence electrons. The summed E-state index contributed by atoms with van der Waals surface area (Å²) < 4.78 is 34.4. The van der Waals surface area contributed by atoms with Gasteiger partial charge >= 0.3 is 10.2 Å². The highest BCUT2D eigenvalue weighted by Gasteiger charge is 2.31. The molecular formula is C13H21N3O3S. The Morgan fingerprint density at radius 1 is 1.30 bits per heavy atom. The van der Waals surface area contributed by atoms with Gasteiger partial charge in [-0.2, -0.15) is 12.7 Å². The lowest BCUT2D eigenvalue weighted by Gasteiger charge is -2.34. The van der Waals surface area contributed by atoms with Crippen molar-refractivity contribution >= 4 is 21.6 Å². The smallest absolute Gasteiger partial charge is 0.301 e. The lowest BCUT2D eigenvalue weighted by atomic mass is 10.2. The van der Waals surface area contributed by atoms with Gasteiger partial charge in [0.2, 0.25) is 0 Å². The van der Waals surface area contributed by atoms with E-state index in [9.17, 15) is 8.42 Å². The topological polar surface area (TPSA) is 84.7 Å². The van der Waals surface area contributed by atoms with E-state index in [0.717, 1.165) is 5.56 Å². The molecule has 7 heteroatoms. The Balaban J connectivity index is 2.21. The summed E-state index contributed by atoms with van der Waals surface area (Å²) in [4.78, 5) is 0. The molecule has 6 nitrogen and oxygen atoms in total. The molecule has 1 aliphatic heterocycles. The number of hydrogen-bond acceptors (Lipinski definition) is 4. The van der Waals surface area contributed by atoms with E-state index in [4.69, 9.17) is 10.5 Å². The highest BCUT2D eigenvalue weighted by atomic mass is 32.2. The van der Waals surface area contributed by atoms with Crippen molar-refractivity contribution in [2.45, 2.75) is 33.0 Å². The average molecular weight is 299 g/mol. The van der Waals surface area contributed by atoms with Crippen LogP contribution in [0.25, 0.3) is 0 Å². The third-order valence-corrected chi connectivity index (χ3v) is 4.80. The van der Waals surface area contributed by atoms with E-state index in [1.165, 1.54) is 4.31 Å². The molecule has 0 bridgehead atoms. The van der Waals surface area contributed by atoms with Crippen LogP contribution < -0.4 is 10.5 Å². The number of rotatable bonds is 3. The Morgan fingerprint density at radius 2 is 1.90 bits per heavy atom. The summed E-state index contributed by atoms with van der Waals surface area (Å²) in [6.45, 7) is 6.22. The van der Waals surface area contributed by atoms with Gasteiger partial charge in [-0.05, 0) is 38.5 Å². The Morgan fingerprint density at radius 3 is 2.50 bits per heavy atom. The maximum atomic E-state index is 12.4. The number of benzene rings is 1. The fourth-order valence-corrected chi connectivity index (χ4v) is 3.74. The summed E-state index contributed by atoms with van der Waals surface area (Å²) in [5.74, 6) is 0. The third-order valence-electron chi connectivity index (χ3n) is 3.34. The maximum absolute atomic E-state index is 12.4. The molecule has 0 spiro atoms. The summed E-state index contributed by atoms with van der Waals surface area (Å²) in [6, 6.07) is 5.17. The standard InChI is InChI=1S/C13H21N3O3S/c1-9-7-16(8-10(2)19-9)20(17,18)15-13-6-4-5-12(14)11(13)3/h4-6,9-10,15H,7-8,14H2,1-3H3. The molecule has 1 aromatic carbocycles. The minimum Gasteiger partial charge on any atom is -0.398 e. The minimum atomic E-state index is -3.59. The molecule has 2 rings (SSSR count). The second-order valence-corrected chi connectivity index (χ2v) is 6.87. The maximum Gasteiger partial charge on any atom is 0.301 e. The molecule has 20 heavy (non-hydrogen) atoms. The number of anilines is 2. The molecule has 2 unspecified atom stereocenters. The summed E-state index contributed by atoms with van der Waals surface area (Å²) in [7, 11) is -3.59. The van der Waals surface area contributed by atoms with Crippen LogP contribution in [0.2, 0.25) is 0 Å². The van der Waals surface area contributed by atoms with E-state index in [1.54, 1.807) is 25.1 Å². The molecule has 1 heterocycles. The van der Waals surface area contributed by atoms with Crippen molar-refractivity contribution in [3.63, 3.8) is 0 Å². The van der Waals surface area contributed by atoms with Crippen LogP contribution in [0.15, 0.2) is 18.2 Å². The molecule has 0 aromatic heterocycles. The zero-order valence-corrected chi connectivity index (χ0v) is 12.8. The summed E-state index contributed by atoms with van der Waals surface area (Å²) >= 11 is 0. The molecule has 1 aliphatic rings. The molecule has 0 saturated carbocycles. The first-order valence-electron chi connectivity index (χ1n) is 6.58. The van der Waals surface area contributed by atoms with Gasteiger partial charge in [0.05, 0.1) is 17.9 Å². The highest BCUT2D eigenvalue weighted by molar-refractivity contribution is 7.90. The van der Waals surface area contributed by atoms with E-state index in [1.807, 2.05) is 13.8 Å². The van der Waals surface area contributed by atoms with Gasteiger partial charge in [-0.1, -0.05) is 6.07 Å². The average Bonchev–Trinajstić information content (AvgIpc) is 2.33. The van der Waals surface area contributed by atoms with Crippen LogP contribution in [-0.2, 0) is 14.9 Å². The monoisotopic (exact) mass is 299 g/mol. The first-order chi connectivity index (χ1) is 9.29. The van der Waals surface area contributed by atoms with E-state index in [-0.39, 0.29) is 12.2 Å². The predicted molar refractivity (Wildman–Crippen MR) is 79.7 cm³/mol. The fourth-order valence-electron chi connectivity index (χ4n) is 2.29. The van der Waals surface area contributed by atoms with Crippen LogP contribution in [0.4, 0.5) is 11.4 Å². The van der Waals surface area contributed by atoms with Crippen molar-refractivity contribution in [1.82, 2.24) is 4.31 Å². The molecule has 2 atom stereocenters. The lowest BCUT2D eigenvalue weighted by Crippen LogP contribution is -2.49. The lowest BCUT2D eigenvalue weighted by molar-refractivity contribution is -0.0439. The van der Waals surface area contributed by atoms with Gasteiger partial charge in [0.1, 0.15) is 0 Å². The van der Waals surface area contributed by atoms with Gasteiger partial charge in [-0.3, -0.25) is 4.72 Å². The van der Waals surface area contributed by atoms with Crippen molar-refractivity contribution in [2.75, 3.05) is 23.5 Å². The molecule has 0 amide bonds. The quantitative estimate of drug-likeness (QED) is 0.825. The molecule has 1 fully saturated rings. The van der Waals surface area contributed by atoms with Crippen LogP contribution in [0.5, 0.6) is 0 Å². The summed E-state index contributed by atoms with van der Waals surface area (Å²) in [6.07, 6.45) is -0.227. The Kier molecular flexibility index (Phi) is 4.22. The van der Waals surface area contributed by atoms with Gasteiger partial charge in [0.25, 0.3) is 0 Å². The molecule has 0 aliphatic carbocycles. The van der Waals surface area contributed by atoms with Gasteiger partial charge in [-0.25, -0.2) is 0 Å². The van der Waals surface area contributed by atoms with E-state index in [0.29, 0.717) is 24.5 Å². The highest BCUT2D eigenvalue weighted by Crippen LogP contribution is 2.23. The number of nitrogens with two attached hydrogens (primary N) is 1. The van der Waals surface area contributed by atoms with Crippen LogP contribution in [0.1, 0.15) is 19.4 Å². The van der Waals surface area contributed by atoms with Crippen LogP contribution in [-0.4, -0.2) is 38.0 Å². The zero-order valence-electron chi connectivity index (χ0n) is 12.0. The second kappa shape index (κ2) is 5.59. The van der Waals surface area contributed by atoms with Gasteiger partial charge in [0.15, 0.2) is 0 Å². The second-order valence-electron chi connectivity index (χ2n) is 5.20. The molecule has 3 N–H and O–H groups in total. The number of morpholine rings is 1. The number of nitrogens with zero attached hydrogens (tertiary/aromatic N) is 1. The number of ether oxygens (including phenoxy) is 1. The normalized spacial score (nSPS) is 24.6. The van der Waals surface area contributed by atoms with E-state index >= 15 is 0 Å². The van der Waals surface area contributed by atoms with Crippen molar-refractivity contribution in [3.05, 3.63) is 23.8 Å². The van der Waals surface area contributed by atoms with Crippen LogP contribution >= 0.6 is 0 Å². The Labute approximate surface area is 120 Å². The fraction of sp³-hybridized carbons (Fsp3) is 0.538. The Hall–Kier alpha value is -1.31. The Bertz CT molecular complexity index is 579. The van der Waals surface area contributed by atoms with Crippen molar-refractivity contribution in [2.24, 2.45) is 0 Å². The van der Waals surface area contributed by atoms with Gasteiger partial charge in [0, 0.05) is 18.8 Å². The number of nitrogen functional groups attached to an aromatic ring is 1. The number of hydrogen-bond donors (Lipinski definition) is 2. The van der Waals surface area contributed by atoms with E-state index < -0.39 is 10.2 Å². The zero-order chi connectivity index (χ0) is 14.9. The molecule has 1 aromatic rings. The summed E-state index contributed by atoms with van der Waals surface area (Å²) in [5, 5.41) is 0. The summed E-state index contributed by atoms with van der Waals surface area (Å²) in [5.41, 5.74) is 7.60. The van der Waals surface area contributed by atoms with Crippen LogP contribution in [0, 0.1) is 6.92 Å². The largest absolute Gasteiger partial charge is 0.398 e. The first-order valence-corrected chi connectivity index (χ1v) is 8.02. The third kappa shape index (κ3) is 3.23. The van der Waals surface area contributed by atoms with Crippen molar-refractivity contribution in [3.8, 4) is 0 Å². The predicted octanol–water partition coefficient (Wildman–Crippen LogP) is 1.34. The van der Waals surface area contributed by atoms with Crippen LogP contribution in [0.3, 0.4) is 0 Å². The minimum absolute atomic E-state index is 0.114. The number of nitrogens with one attached hydrogen (secondary N) is 1. The molecular weight excluding hydrogens is 278 g/mol.